The van der Waals surface area contributed by atoms with Crippen molar-refractivity contribution in [3.63, 3.8) is 0 Å². The van der Waals surface area contributed by atoms with Crippen molar-refractivity contribution in [1.82, 2.24) is 4.98 Å². The van der Waals surface area contributed by atoms with Gasteiger partial charge in [-0.1, -0.05) is 0 Å². The highest BCUT2D eigenvalue weighted by molar-refractivity contribution is 5.83. The minimum absolute atomic E-state index is 0.0248. The Kier molecular flexibility index (Phi) is 3.77. The van der Waals surface area contributed by atoms with Crippen LogP contribution >= 0.6 is 0 Å². The molecule has 2 rings (SSSR count). The molecule has 0 unspecified atom stereocenters. The van der Waals surface area contributed by atoms with Gasteiger partial charge < -0.3 is 0 Å². The van der Waals surface area contributed by atoms with Gasteiger partial charge in [-0.05, 0) is 35.4 Å². The van der Waals surface area contributed by atoms with E-state index in [-0.39, 0.29) is 18.6 Å². The molecule has 0 aliphatic rings. The summed E-state index contributed by atoms with van der Waals surface area (Å²) in [6.07, 6.45) is 3.46. The maximum atomic E-state index is 12.9. The Morgan fingerprint density at radius 2 is 1.50 bits per heavy atom. The van der Waals surface area contributed by atoms with Gasteiger partial charge in [0.25, 0.3) is 0 Å². The van der Waals surface area contributed by atoms with Crippen LogP contribution in [0, 0.1) is 11.6 Å². The first kappa shape index (κ1) is 12.4. The molecule has 0 amide bonds. The van der Waals surface area contributed by atoms with Crippen LogP contribution in [0.5, 0.6) is 0 Å². The van der Waals surface area contributed by atoms with Crippen molar-refractivity contribution in [2.45, 2.75) is 12.8 Å². The Balaban J connectivity index is 2.03. The molecule has 2 nitrogen and oxygen atoms in total. The number of hydrogen-bond acceptors (Lipinski definition) is 2. The fourth-order valence-corrected chi connectivity index (χ4v) is 1.73. The molecule has 4 heteroatoms. The molecule has 0 saturated carbocycles. The Labute approximate surface area is 103 Å². The second-order valence-corrected chi connectivity index (χ2v) is 4.03. The second kappa shape index (κ2) is 5.49. The summed E-state index contributed by atoms with van der Waals surface area (Å²) in [5.74, 6) is -1.42. The summed E-state index contributed by atoms with van der Waals surface area (Å²) in [6, 6.07) is 6.62. The number of rotatable bonds is 4. The van der Waals surface area contributed by atoms with E-state index in [9.17, 15) is 13.6 Å². The van der Waals surface area contributed by atoms with E-state index < -0.39 is 11.6 Å². The lowest BCUT2D eigenvalue weighted by Gasteiger charge is -2.02. The van der Waals surface area contributed by atoms with Crippen LogP contribution in [0.2, 0.25) is 0 Å². The summed E-state index contributed by atoms with van der Waals surface area (Å²) in [6.45, 7) is 0. The van der Waals surface area contributed by atoms with Gasteiger partial charge >= 0.3 is 0 Å². The van der Waals surface area contributed by atoms with Crippen LogP contribution in [0.1, 0.15) is 11.1 Å². The van der Waals surface area contributed by atoms with Gasteiger partial charge in [0.1, 0.15) is 17.4 Å². The number of Topliss-reactive ketones (excluding diaryl/α,β-unsaturated/α-hetero) is 1. The fourth-order valence-electron chi connectivity index (χ4n) is 1.73. The summed E-state index contributed by atoms with van der Waals surface area (Å²) in [5.41, 5.74) is 1.19. The smallest absolute Gasteiger partial charge is 0.141 e. The van der Waals surface area contributed by atoms with Crippen LogP contribution in [-0.4, -0.2) is 10.8 Å². The Bertz CT molecular complexity index is 535. The average molecular weight is 247 g/mol. The first-order chi connectivity index (χ1) is 8.63. The zero-order chi connectivity index (χ0) is 13.0. The molecule has 0 bridgehead atoms. The number of carbonyl (C=O) groups is 1. The first-order valence-electron chi connectivity index (χ1n) is 5.49. The van der Waals surface area contributed by atoms with Crippen LogP contribution in [0.4, 0.5) is 8.78 Å². The van der Waals surface area contributed by atoms with Gasteiger partial charge in [0.15, 0.2) is 0 Å². The van der Waals surface area contributed by atoms with Gasteiger partial charge in [-0.3, -0.25) is 9.78 Å². The van der Waals surface area contributed by atoms with Crippen molar-refractivity contribution in [3.8, 4) is 0 Å². The summed E-state index contributed by atoms with van der Waals surface area (Å²) < 4.78 is 25.9. The third kappa shape index (κ3) is 3.45. The molecular weight excluding hydrogens is 236 g/mol. The Hall–Kier alpha value is -2.10. The highest BCUT2D eigenvalue weighted by atomic mass is 19.1. The van der Waals surface area contributed by atoms with Crippen LogP contribution in [0.15, 0.2) is 42.7 Å². The average Bonchev–Trinajstić information content (AvgIpc) is 2.28. The predicted octanol–water partition coefficient (Wildman–Crippen LogP) is 2.71. The number of halogens is 2. The molecule has 2 aromatic rings. The molecule has 0 saturated heterocycles. The molecule has 0 radical (unpaired) electrons. The van der Waals surface area contributed by atoms with Gasteiger partial charge in [0.05, 0.1) is 0 Å². The van der Waals surface area contributed by atoms with Crippen LogP contribution in [0.25, 0.3) is 0 Å². The normalized spacial score (nSPS) is 10.3. The number of benzene rings is 1. The van der Waals surface area contributed by atoms with Gasteiger partial charge in [0, 0.05) is 31.3 Å². The topological polar surface area (TPSA) is 30.0 Å². The number of aromatic nitrogens is 1. The molecular formula is C14H11F2NO. The lowest BCUT2D eigenvalue weighted by molar-refractivity contribution is -0.117. The van der Waals surface area contributed by atoms with Gasteiger partial charge in [-0.25, -0.2) is 8.78 Å². The quantitative estimate of drug-likeness (QED) is 0.831. The number of ketones is 1. The third-order valence-corrected chi connectivity index (χ3v) is 2.47. The number of carbonyl (C=O) groups excluding carboxylic acids is 1. The van der Waals surface area contributed by atoms with Gasteiger partial charge in [-0.15, -0.1) is 0 Å². The maximum Gasteiger partial charge on any atom is 0.141 e. The van der Waals surface area contributed by atoms with Gasteiger partial charge in [-0.2, -0.15) is 0 Å². The predicted molar refractivity (Wildman–Crippen MR) is 63.0 cm³/mol. The zero-order valence-corrected chi connectivity index (χ0v) is 9.57. The number of hydrogen-bond donors (Lipinski definition) is 0. The SMILES string of the molecule is O=C(Cc1ccncc1)Cc1cc(F)cc(F)c1. The fraction of sp³-hybridized carbons (Fsp3) is 0.143. The Morgan fingerprint density at radius 3 is 2.11 bits per heavy atom. The van der Waals surface area contributed by atoms with Crippen molar-refractivity contribution in [1.29, 1.82) is 0 Å². The standard InChI is InChI=1S/C14H11F2NO/c15-12-5-11(6-13(16)9-12)8-14(18)7-10-1-3-17-4-2-10/h1-6,9H,7-8H2. The molecule has 92 valence electrons. The van der Waals surface area contributed by atoms with Gasteiger partial charge in [0.2, 0.25) is 0 Å². The van der Waals surface area contributed by atoms with Crippen molar-refractivity contribution in [2.24, 2.45) is 0 Å². The lowest BCUT2D eigenvalue weighted by atomic mass is 10.0. The highest BCUT2D eigenvalue weighted by Gasteiger charge is 2.07. The summed E-state index contributed by atoms with van der Waals surface area (Å²) in [4.78, 5) is 15.6. The molecule has 18 heavy (non-hydrogen) atoms. The first-order valence-corrected chi connectivity index (χ1v) is 5.49. The van der Waals surface area contributed by atoms with E-state index in [1.54, 1.807) is 24.5 Å². The van der Waals surface area contributed by atoms with Crippen LogP contribution in [0.3, 0.4) is 0 Å². The third-order valence-electron chi connectivity index (χ3n) is 2.47. The number of nitrogens with zero attached hydrogens (tertiary/aromatic N) is 1. The van der Waals surface area contributed by atoms with Crippen molar-refractivity contribution in [3.05, 3.63) is 65.5 Å². The molecule has 1 heterocycles. The molecule has 0 spiro atoms. The van der Waals surface area contributed by atoms with Crippen molar-refractivity contribution in [2.75, 3.05) is 0 Å². The lowest BCUT2D eigenvalue weighted by Crippen LogP contribution is -2.07. The van der Waals surface area contributed by atoms with E-state index in [0.717, 1.165) is 11.6 Å². The molecule has 0 N–H and O–H groups in total. The summed E-state index contributed by atoms with van der Waals surface area (Å²) in [7, 11) is 0. The minimum atomic E-state index is -0.665. The van der Waals surface area contributed by atoms with E-state index in [1.165, 1.54) is 12.1 Å². The molecule has 0 aliphatic carbocycles. The zero-order valence-electron chi connectivity index (χ0n) is 9.57. The number of pyridine rings is 1. The van der Waals surface area contributed by atoms with E-state index in [4.69, 9.17) is 0 Å². The van der Waals surface area contributed by atoms with Crippen LogP contribution in [-0.2, 0) is 17.6 Å². The van der Waals surface area contributed by atoms with E-state index >= 15 is 0 Å². The molecule has 0 atom stereocenters. The van der Waals surface area contributed by atoms with Crippen LogP contribution < -0.4 is 0 Å². The highest BCUT2D eigenvalue weighted by Crippen LogP contribution is 2.10. The molecule has 1 aromatic heterocycles. The van der Waals surface area contributed by atoms with Crippen molar-refractivity contribution < 1.29 is 13.6 Å². The second-order valence-electron chi connectivity index (χ2n) is 4.03. The van der Waals surface area contributed by atoms with E-state index in [1.807, 2.05) is 0 Å². The van der Waals surface area contributed by atoms with Crippen molar-refractivity contribution >= 4 is 5.78 Å². The van der Waals surface area contributed by atoms with E-state index in [0.29, 0.717) is 5.56 Å². The largest absolute Gasteiger partial charge is 0.299 e. The Morgan fingerprint density at radius 1 is 0.944 bits per heavy atom. The molecule has 0 fully saturated rings. The monoisotopic (exact) mass is 247 g/mol. The minimum Gasteiger partial charge on any atom is -0.299 e. The van der Waals surface area contributed by atoms with E-state index in [2.05, 4.69) is 4.98 Å². The summed E-state index contributed by atoms with van der Waals surface area (Å²) >= 11 is 0. The molecule has 1 aromatic carbocycles. The maximum absolute atomic E-state index is 12.9. The summed E-state index contributed by atoms with van der Waals surface area (Å²) in [5, 5.41) is 0. The molecule has 0 aliphatic heterocycles.